The van der Waals surface area contributed by atoms with E-state index in [-0.39, 0.29) is 25.7 Å². The predicted octanol–water partition coefficient (Wildman–Crippen LogP) is 14.8. The molecule has 2 aromatic rings. The monoisotopic (exact) mass is 828 g/mol. The van der Waals surface area contributed by atoms with Crippen molar-refractivity contribution in [3.63, 3.8) is 0 Å². The third kappa shape index (κ3) is 9.86. The van der Waals surface area contributed by atoms with E-state index in [0.29, 0.717) is 29.3 Å². The number of methoxy groups -OCH3 is 1. The number of rotatable bonds is 5. The number of fused-ring (bicyclic) bond motifs is 2. The molecule has 0 aliphatic heterocycles. The van der Waals surface area contributed by atoms with Crippen molar-refractivity contribution in [2.24, 2.45) is 70.0 Å². The van der Waals surface area contributed by atoms with E-state index < -0.39 is 20.8 Å². The van der Waals surface area contributed by atoms with Crippen LogP contribution in [0.15, 0.2) is 54.6 Å². The maximum atomic E-state index is 6.52. The van der Waals surface area contributed by atoms with Crippen LogP contribution in [0.2, 0.25) is 0 Å². The van der Waals surface area contributed by atoms with Crippen LogP contribution in [-0.2, 0) is 31.0 Å². The first-order chi connectivity index (χ1) is 23.4. The van der Waals surface area contributed by atoms with Gasteiger partial charge in [-0.2, -0.15) is 0 Å². The van der Waals surface area contributed by atoms with E-state index in [1.165, 1.54) is 49.7 Å². The second-order valence-corrected chi connectivity index (χ2v) is 24.3. The Morgan fingerprint density at radius 3 is 1.63 bits per heavy atom. The van der Waals surface area contributed by atoms with Crippen molar-refractivity contribution >= 4 is 17.0 Å². The fraction of sp³-hybridized carbons (Fsp3) is 0.708. The number of hydrogen-bond acceptors (Lipinski definition) is 1. The molecule has 13 atom stereocenters. The molecular weight excluding hydrogens is 755 g/mol. The van der Waals surface area contributed by atoms with Crippen molar-refractivity contribution in [2.45, 2.75) is 138 Å². The Kier molecular flexibility index (Phi) is 16.4. The van der Waals surface area contributed by atoms with E-state index in [1.807, 2.05) is 7.11 Å². The summed E-state index contributed by atoms with van der Waals surface area (Å²) in [6, 6.07) is 21.5. The Balaban J connectivity index is 0.00000141. The first-order valence-electron chi connectivity index (χ1n) is 20.0. The number of benzene rings is 2. The molecule has 6 rings (SSSR count). The molecule has 4 heteroatoms. The molecule has 4 saturated carbocycles. The standard InChI is InChI=1S/C46H70O.2CH3.2ClH.Zr/c1-28-22-37-36(30-18-20-32(21-19-30)44(3,4)5)24-33(45(6,7)8)25-38(37)34(28)26-35-29(2)23-40-39(35)27-41(46(9,10)11)43(47-12)42(40)31-16-14-13-15-17-31;;;;;/h13-21,28-29,33-43H,22-27H2,1-12H3;2*1H3;2*1H;/q;2*-1;;;+4/p-2. The zero-order chi connectivity index (χ0) is 36.8. The number of ether oxygens (including phenoxy) is 1. The van der Waals surface area contributed by atoms with E-state index in [9.17, 15) is 0 Å². The van der Waals surface area contributed by atoms with E-state index >= 15 is 0 Å². The van der Waals surface area contributed by atoms with Crippen LogP contribution < -0.4 is 0 Å². The topological polar surface area (TPSA) is 9.23 Å². The molecule has 0 N–H and O–H groups in total. The Labute approximate surface area is 341 Å². The fourth-order valence-electron chi connectivity index (χ4n) is 12.2. The summed E-state index contributed by atoms with van der Waals surface area (Å²) >= 11 is -0.826. The average Bonchev–Trinajstić information content (AvgIpc) is 3.53. The minimum absolute atomic E-state index is 0. The Morgan fingerprint density at radius 1 is 0.635 bits per heavy atom. The van der Waals surface area contributed by atoms with Gasteiger partial charge in [-0.3, -0.25) is 0 Å². The molecule has 0 radical (unpaired) electrons. The molecule has 2 aromatic carbocycles. The van der Waals surface area contributed by atoms with Gasteiger partial charge in [0.25, 0.3) is 0 Å². The van der Waals surface area contributed by atoms with Gasteiger partial charge in [-0.15, -0.1) is 0 Å². The molecule has 0 spiro atoms. The van der Waals surface area contributed by atoms with E-state index in [1.54, 1.807) is 5.56 Å². The third-order valence-corrected chi connectivity index (χ3v) is 14.8. The van der Waals surface area contributed by atoms with Crippen molar-refractivity contribution in [1.29, 1.82) is 0 Å². The molecule has 4 aliphatic carbocycles. The van der Waals surface area contributed by atoms with Crippen molar-refractivity contribution in [2.75, 3.05) is 7.11 Å². The van der Waals surface area contributed by atoms with Gasteiger partial charge in [-0.25, -0.2) is 0 Å². The molecule has 0 aromatic heterocycles. The zero-order valence-corrected chi connectivity index (χ0v) is 39.6. The molecule has 0 amide bonds. The Morgan fingerprint density at radius 2 is 1.15 bits per heavy atom. The van der Waals surface area contributed by atoms with Gasteiger partial charge in [0, 0.05) is 13.0 Å². The quantitative estimate of drug-likeness (QED) is 0.273. The van der Waals surface area contributed by atoms with Crippen molar-refractivity contribution in [1.82, 2.24) is 0 Å². The first kappa shape index (κ1) is 46.2. The summed E-state index contributed by atoms with van der Waals surface area (Å²) in [6.45, 7) is 27.3. The molecule has 13 unspecified atom stereocenters. The number of hydrogen-bond donors (Lipinski definition) is 0. The van der Waals surface area contributed by atoms with Crippen LogP contribution in [-0.4, -0.2) is 13.2 Å². The average molecular weight is 831 g/mol. The van der Waals surface area contributed by atoms with Gasteiger partial charge >= 0.3 is 37.9 Å². The molecule has 292 valence electrons. The van der Waals surface area contributed by atoms with E-state index in [2.05, 4.69) is 131 Å². The van der Waals surface area contributed by atoms with Crippen LogP contribution in [0.1, 0.15) is 143 Å². The van der Waals surface area contributed by atoms with Gasteiger partial charge in [0.2, 0.25) is 0 Å². The molecule has 52 heavy (non-hydrogen) atoms. The number of halogens is 2. The van der Waals surface area contributed by atoms with Crippen LogP contribution in [0.25, 0.3) is 0 Å². The van der Waals surface area contributed by atoms with Gasteiger partial charge in [0.15, 0.2) is 0 Å². The van der Waals surface area contributed by atoms with Gasteiger partial charge in [0.1, 0.15) is 0 Å². The molecule has 4 fully saturated rings. The van der Waals surface area contributed by atoms with Gasteiger partial charge in [0.05, 0.1) is 6.10 Å². The van der Waals surface area contributed by atoms with Crippen LogP contribution in [0.4, 0.5) is 0 Å². The fourth-order valence-corrected chi connectivity index (χ4v) is 12.2. The summed E-state index contributed by atoms with van der Waals surface area (Å²) in [5.74, 6) is 9.13. The molecule has 0 saturated heterocycles. The summed E-state index contributed by atoms with van der Waals surface area (Å²) < 4.78 is 6.52. The Bertz CT molecular complexity index is 1350. The summed E-state index contributed by atoms with van der Waals surface area (Å²) in [7, 11) is 11.9. The van der Waals surface area contributed by atoms with Crippen LogP contribution in [0.5, 0.6) is 0 Å². The second-order valence-electron chi connectivity index (χ2n) is 20.6. The molecule has 4 aliphatic rings. The SMILES string of the molecule is COC1C(c2ccccc2)C2CC(C)C(CC3C(C)CC4C(c5ccc(C(C)(C)C)cc5)CC(C(C)(C)C)CC34)C2CC1C(C)(C)C.[CH3-].[CH3-].[Cl][Zr+2][Cl]. The van der Waals surface area contributed by atoms with Gasteiger partial charge in [-0.05, 0) is 137 Å². The van der Waals surface area contributed by atoms with E-state index in [0.717, 1.165) is 53.3 Å². The van der Waals surface area contributed by atoms with Crippen LogP contribution in [0, 0.1) is 84.9 Å². The second kappa shape index (κ2) is 18.4. The Hall–Kier alpha value is -0.137. The third-order valence-electron chi connectivity index (χ3n) is 14.8. The van der Waals surface area contributed by atoms with Crippen molar-refractivity contribution < 1.29 is 25.6 Å². The molecular formula is C48H76Cl2OZr. The predicted molar refractivity (Wildman–Crippen MR) is 225 cm³/mol. The van der Waals surface area contributed by atoms with Crippen LogP contribution >= 0.6 is 17.0 Å². The van der Waals surface area contributed by atoms with Crippen LogP contribution in [0.3, 0.4) is 0 Å². The summed E-state index contributed by atoms with van der Waals surface area (Å²) in [5.41, 5.74) is 5.41. The van der Waals surface area contributed by atoms with Crippen molar-refractivity contribution in [3.05, 3.63) is 86.1 Å². The first-order valence-corrected chi connectivity index (χ1v) is 26.4. The normalized spacial score (nSPS) is 35.8. The maximum absolute atomic E-state index is 6.52. The molecule has 0 bridgehead atoms. The summed E-state index contributed by atoms with van der Waals surface area (Å²) in [5, 5.41) is 0. The zero-order valence-electron chi connectivity index (χ0n) is 35.6. The van der Waals surface area contributed by atoms with E-state index in [4.69, 9.17) is 21.8 Å². The summed E-state index contributed by atoms with van der Waals surface area (Å²) in [6.07, 6.45) is 8.70. The van der Waals surface area contributed by atoms with Gasteiger partial charge in [-0.1, -0.05) is 131 Å². The molecule has 1 nitrogen and oxygen atoms in total. The summed E-state index contributed by atoms with van der Waals surface area (Å²) in [4.78, 5) is 0. The van der Waals surface area contributed by atoms with Gasteiger partial charge < -0.3 is 19.6 Å². The molecule has 0 heterocycles. The minimum atomic E-state index is -0.826. The van der Waals surface area contributed by atoms with Crippen molar-refractivity contribution in [3.8, 4) is 0 Å².